The Morgan fingerprint density at radius 1 is 1.31 bits per heavy atom. The van der Waals surface area contributed by atoms with Gasteiger partial charge in [-0.2, -0.15) is 0 Å². The van der Waals surface area contributed by atoms with E-state index in [0.29, 0.717) is 6.04 Å². The summed E-state index contributed by atoms with van der Waals surface area (Å²) in [6.07, 6.45) is 1.84. The maximum atomic E-state index is 4.34. The Morgan fingerprint density at radius 2 is 1.94 bits per heavy atom. The van der Waals surface area contributed by atoms with Gasteiger partial charge in [-0.1, -0.05) is 20.8 Å². The predicted molar refractivity (Wildman–Crippen MR) is 71.1 cm³/mol. The monoisotopic (exact) mass is 221 g/mol. The molecule has 1 atom stereocenters. The minimum atomic E-state index is 0.232. The van der Waals surface area contributed by atoms with Crippen molar-refractivity contribution in [3.8, 4) is 0 Å². The van der Waals surface area contributed by atoms with E-state index in [2.05, 4.69) is 49.0 Å². The van der Waals surface area contributed by atoms with E-state index in [1.807, 2.05) is 26.4 Å². The van der Waals surface area contributed by atoms with Crippen molar-refractivity contribution in [2.45, 2.75) is 33.7 Å². The molecule has 0 aliphatic heterocycles. The van der Waals surface area contributed by atoms with Gasteiger partial charge in [0.1, 0.15) is 5.82 Å². The highest BCUT2D eigenvalue weighted by atomic mass is 15.1. The SMILES string of the molecule is CC(Nc1cc(N(C)C)ccn1)C(C)(C)C. The summed E-state index contributed by atoms with van der Waals surface area (Å²) < 4.78 is 0. The fraction of sp³-hybridized carbons (Fsp3) is 0.615. The molecule has 0 fully saturated rings. The molecule has 0 aromatic carbocycles. The van der Waals surface area contributed by atoms with Gasteiger partial charge in [0.25, 0.3) is 0 Å². The first-order valence-electron chi connectivity index (χ1n) is 5.70. The number of nitrogens with zero attached hydrogens (tertiary/aromatic N) is 2. The molecule has 90 valence electrons. The van der Waals surface area contributed by atoms with Crippen LogP contribution in [0.2, 0.25) is 0 Å². The fourth-order valence-electron chi connectivity index (χ4n) is 1.21. The molecular formula is C13H23N3. The zero-order valence-electron chi connectivity index (χ0n) is 11.2. The second kappa shape index (κ2) is 4.73. The van der Waals surface area contributed by atoms with Crippen LogP contribution in [0, 0.1) is 5.41 Å². The van der Waals surface area contributed by atoms with Crippen molar-refractivity contribution >= 4 is 11.5 Å². The maximum Gasteiger partial charge on any atom is 0.128 e. The van der Waals surface area contributed by atoms with Crippen LogP contribution in [0.1, 0.15) is 27.7 Å². The predicted octanol–water partition coefficient (Wildman–Crippen LogP) is 2.99. The molecule has 0 saturated heterocycles. The lowest BCUT2D eigenvalue weighted by atomic mass is 9.88. The lowest BCUT2D eigenvalue weighted by molar-refractivity contribution is 0.359. The van der Waals surface area contributed by atoms with Crippen molar-refractivity contribution in [2.75, 3.05) is 24.3 Å². The molecule has 0 spiro atoms. The lowest BCUT2D eigenvalue weighted by Gasteiger charge is -2.28. The Kier molecular flexibility index (Phi) is 3.79. The standard InChI is InChI=1S/C13H23N3/c1-10(13(2,3)4)15-12-9-11(16(5)6)7-8-14-12/h7-10H,1-6H3,(H,14,15). The molecule has 0 aliphatic carbocycles. The largest absolute Gasteiger partial charge is 0.378 e. The van der Waals surface area contributed by atoms with Crippen LogP contribution in [0.4, 0.5) is 11.5 Å². The Morgan fingerprint density at radius 3 is 2.44 bits per heavy atom. The zero-order valence-corrected chi connectivity index (χ0v) is 11.2. The molecule has 0 radical (unpaired) electrons. The molecule has 1 aromatic rings. The van der Waals surface area contributed by atoms with E-state index >= 15 is 0 Å². The quantitative estimate of drug-likeness (QED) is 0.850. The molecule has 3 heteroatoms. The minimum absolute atomic E-state index is 0.232. The third kappa shape index (κ3) is 3.40. The van der Waals surface area contributed by atoms with Crippen LogP contribution >= 0.6 is 0 Å². The van der Waals surface area contributed by atoms with Gasteiger partial charge in [0.2, 0.25) is 0 Å². The van der Waals surface area contributed by atoms with Crippen molar-refractivity contribution in [3.05, 3.63) is 18.3 Å². The highest BCUT2D eigenvalue weighted by Gasteiger charge is 2.19. The third-order valence-corrected chi connectivity index (χ3v) is 2.92. The number of hydrogen-bond acceptors (Lipinski definition) is 3. The van der Waals surface area contributed by atoms with E-state index in [9.17, 15) is 0 Å². The van der Waals surface area contributed by atoms with E-state index in [-0.39, 0.29) is 5.41 Å². The van der Waals surface area contributed by atoms with Crippen LogP contribution in [0.3, 0.4) is 0 Å². The summed E-state index contributed by atoms with van der Waals surface area (Å²) in [4.78, 5) is 6.42. The number of hydrogen-bond donors (Lipinski definition) is 1. The van der Waals surface area contributed by atoms with Crippen LogP contribution in [0.15, 0.2) is 18.3 Å². The van der Waals surface area contributed by atoms with Crippen LogP contribution in [-0.2, 0) is 0 Å². The van der Waals surface area contributed by atoms with E-state index in [1.165, 1.54) is 5.69 Å². The molecule has 3 nitrogen and oxygen atoms in total. The minimum Gasteiger partial charge on any atom is -0.378 e. The average Bonchev–Trinajstić information content (AvgIpc) is 2.16. The molecule has 1 heterocycles. The summed E-state index contributed by atoms with van der Waals surface area (Å²) in [6, 6.07) is 4.47. The zero-order chi connectivity index (χ0) is 12.3. The van der Waals surface area contributed by atoms with E-state index in [0.717, 1.165) is 5.82 Å². The number of anilines is 2. The summed E-state index contributed by atoms with van der Waals surface area (Å²) in [6.45, 7) is 8.85. The van der Waals surface area contributed by atoms with Crippen molar-refractivity contribution in [1.29, 1.82) is 0 Å². The van der Waals surface area contributed by atoms with Gasteiger partial charge in [-0.15, -0.1) is 0 Å². The molecule has 1 rings (SSSR count). The van der Waals surface area contributed by atoms with Crippen molar-refractivity contribution in [1.82, 2.24) is 4.98 Å². The van der Waals surface area contributed by atoms with Gasteiger partial charge in [-0.3, -0.25) is 0 Å². The Hall–Kier alpha value is -1.25. The van der Waals surface area contributed by atoms with Gasteiger partial charge in [0, 0.05) is 38.1 Å². The van der Waals surface area contributed by atoms with Crippen molar-refractivity contribution in [2.24, 2.45) is 5.41 Å². The number of nitrogens with one attached hydrogen (secondary N) is 1. The molecule has 0 amide bonds. The van der Waals surface area contributed by atoms with Gasteiger partial charge in [0.05, 0.1) is 0 Å². The maximum absolute atomic E-state index is 4.34. The highest BCUT2D eigenvalue weighted by Crippen LogP contribution is 2.23. The first-order valence-corrected chi connectivity index (χ1v) is 5.70. The summed E-state index contributed by atoms with van der Waals surface area (Å²) in [5.74, 6) is 0.939. The Labute approximate surface area is 98.9 Å². The molecular weight excluding hydrogens is 198 g/mol. The summed E-state index contributed by atoms with van der Waals surface area (Å²) in [5, 5.41) is 3.44. The van der Waals surface area contributed by atoms with Gasteiger partial charge < -0.3 is 10.2 Å². The first kappa shape index (κ1) is 12.8. The molecule has 1 unspecified atom stereocenters. The third-order valence-electron chi connectivity index (χ3n) is 2.92. The molecule has 0 saturated carbocycles. The van der Waals surface area contributed by atoms with Gasteiger partial charge in [-0.05, 0) is 18.4 Å². The number of rotatable bonds is 3. The number of aromatic nitrogens is 1. The van der Waals surface area contributed by atoms with Gasteiger partial charge in [-0.25, -0.2) is 4.98 Å². The first-order chi connectivity index (χ1) is 7.30. The normalized spacial score (nSPS) is 13.4. The Balaban J connectivity index is 2.78. The Bertz CT molecular complexity index is 339. The summed E-state index contributed by atoms with van der Waals surface area (Å²) in [7, 11) is 4.07. The van der Waals surface area contributed by atoms with Crippen LogP contribution in [0.25, 0.3) is 0 Å². The van der Waals surface area contributed by atoms with Crippen molar-refractivity contribution < 1.29 is 0 Å². The topological polar surface area (TPSA) is 28.2 Å². The number of pyridine rings is 1. The van der Waals surface area contributed by atoms with E-state index in [4.69, 9.17) is 0 Å². The average molecular weight is 221 g/mol. The molecule has 1 aromatic heterocycles. The molecule has 0 aliphatic rings. The second-order valence-corrected chi connectivity index (χ2v) is 5.53. The molecule has 16 heavy (non-hydrogen) atoms. The second-order valence-electron chi connectivity index (χ2n) is 5.53. The van der Waals surface area contributed by atoms with Gasteiger partial charge in [0.15, 0.2) is 0 Å². The van der Waals surface area contributed by atoms with Crippen LogP contribution < -0.4 is 10.2 Å². The lowest BCUT2D eigenvalue weighted by Crippen LogP contribution is -2.31. The van der Waals surface area contributed by atoms with Crippen LogP contribution in [0.5, 0.6) is 0 Å². The van der Waals surface area contributed by atoms with Gasteiger partial charge >= 0.3 is 0 Å². The molecule has 1 N–H and O–H groups in total. The summed E-state index contributed by atoms with van der Waals surface area (Å²) >= 11 is 0. The van der Waals surface area contributed by atoms with Crippen molar-refractivity contribution in [3.63, 3.8) is 0 Å². The fourth-order valence-corrected chi connectivity index (χ4v) is 1.21. The molecule has 0 bridgehead atoms. The van der Waals surface area contributed by atoms with E-state index in [1.54, 1.807) is 0 Å². The smallest absolute Gasteiger partial charge is 0.128 e. The summed E-state index contributed by atoms with van der Waals surface area (Å²) in [5.41, 5.74) is 1.40. The highest BCUT2D eigenvalue weighted by molar-refractivity contribution is 5.53. The van der Waals surface area contributed by atoms with Crippen LogP contribution in [-0.4, -0.2) is 25.1 Å². The van der Waals surface area contributed by atoms with E-state index < -0.39 is 0 Å².